The highest BCUT2D eigenvalue weighted by Crippen LogP contribution is 2.13. The molecule has 0 saturated heterocycles. The van der Waals surface area contributed by atoms with Gasteiger partial charge in [0.1, 0.15) is 5.75 Å². The molecule has 0 aliphatic rings. The second-order valence-electron chi connectivity index (χ2n) is 3.80. The lowest BCUT2D eigenvalue weighted by molar-refractivity contribution is 0.104. The number of aromatic hydroxyl groups is 1. The van der Waals surface area contributed by atoms with E-state index in [-0.39, 0.29) is 11.5 Å². The van der Waals surface area contributed by atoms with E-state index < -0.39 is 0 Å². The molecule has 0 aliphatic heterocycles. The minimum atomic E-state index is -0.0836. The maximum atomic E-state index is 11.8. The molecule has 0 heterocycles. The highest BCUT2D eigenvalue weighted by molar-refractivity contribution is 6.30. The van der Waals surface area contributed by atoms with Crippen molar-refractivity contribution in [1.29, 1.82) is 0 Å². The molecule has 3 heteroatoms. The summed E-state index contributed by atoms with van der Waals surface area (Å²) in [5.74, 6) is 0.121. The van der Waals surface area contributed by atoms with Gasteiger partial charge >= 0.3 is 0 Å². The smallest absolute Gasteiger partial charge is 0.185 e. The Bertz CT molecular complexity index is 568. The highest BCUT2D eigenvalue weighted by atomic mass is 35.5. The number of hydrogen-bond donors (Lipinski definition) is 1. The lowest BCUT2D eigenvalue weighted by atomic mass is 10.1. The van der Waals surface area contributed by atoms with E-state index in [2.05, 4.69) is 0 Å². The van der Waals surface area contributed by atoms with Crippen LogP contribution in [0.3, 0.4) is 0 Å². The number of phenolic OH excluding ortho intramolecular Hbond substituents is 1. The molecule has 0 spiro atoms. The summed E-state index contributed by atoms with van der Waals surface area (Å²) in [5.41, 5.74) is 1.45. The first-order chi connectivity index (χ1) is 8.65. The number of phenols is 1. The molecule has 0 saturated carbocycles. The third-order valence-corrected chi connectivity index (χ3v) is 2.70. The van der Waals surface area contributed by atoms with Gasteiger partial charge in [0, 0.05) is 10.6 Å². The fourth-order valence-corrected chi connectivity index (χ4v) is 1.59. The fraction of sp³-hybridized carbons (Fsp3) is 0. The van der Waals surface area contributed by atoms with Crippen LogP contribution in [-0.4, -0.2) is 10.9 Å². The minimum Gasteiger partial charge on any atom is -0.508 e. The number of benzene rings is 2. The van der Waals surface area contributed by atoms with Gasteiger partial charge in [-0.3, -0.25) is 4.79 Å². The normalized spacial score (nSPS) is 10.7. The Kier molecular flexibility index (Phi) is 3.80. The van der Waals surface area contributed by atoms with E-state index in [1.165, 1.54) is 6.08 Å². The first-order valence-electron chi connectivity index (χ1n) is 5.42. The van der Waals surface area contributed by atoms with Gasteiger partial charge in [-0.1, -0.05) is 29.8 Å². The molecule has 0 unspecified atom stereocenters. The second kappa shape index (κ2) is 5.52. The number of allylic oxidation sites excluding steroid dienone is 1. The quantitative estimate of drug-likeness (QED) is 0.669. The molecule has 0 bridgehead atoms. The van der Waals surface area contributed by atoms with Gasteiger partial charge in [-0.05, 0) is 48.0 Å². The molecule has 0 amide bonds. The summed E-state index contributed by atoms with van der Waals surface area (Å²) in [6.07, 6.45) is 3.20. The molecule has 90 valence electrons. The van der Waals surface area contributed by atoms with Crippen LogP contribution >= 0.6 is 11.6 Å². The van der Waals surface area contributed by atoms with Gasteiger partial charge in [0.25, 0.3) is 0 Å². The third kappa shape index (κ3) is 3.22. The predicted octanol–water partition coefficient (Wildman–Crippen LogP) is 3.94. The van der Waals surface area contributed by atoms with E-state index >= 15 is 0 Å². The van der Waals surface area contributed by atoms with Gasteiger partial charge in [-0.15, -0.1) is 0 Å². The van der Waals surface area contributed by atoms with Gasteiger partial charge in [-0.2, -0.15) is 0 Å². The topological polar surface area (TPSA) is 37.3 Å². The number of carbonyl (C=O) groups excluding carboxylic acids is 1. The average molecular weight is 259 g/mol. The molecule has 0 aromatic heterocycles. The van der Waals surface area contributed by atoms with E-state index in [1.54, 1.807) is 54.6 Å². The zero-order valence-corrected chi connectivity index (χ0v) is 10.3. The Morgan fingerprint density at radius 2 is 1.61 bits per heavy atom. The summed E-state index contributed by atoms with van der Waals surface area (Å²) in [7, 11) is 0. The van der Waals surface area contributed by atoms with Gasteiger partial charge in [0.2, 0.25) is 0 Å². The van der Waals surface area contributed by atoms with Crippen LogP contribution in [0.25, 0.3) is 6.08 Å². The molecule has 2 aromatic carbocycles. The maximum absolute atomic E-state index is 11.8. The van der Waals surface area contributed by atoms with Crippen LogP contribution < -0.4 is 0 Å². The Hall–Kier alpha value is -2.06. The molecule has 2 aromatic rings. The van der Waals surface area contributed by atoms with Gasteiger partial charge in [0.15, 0.2) is 5.78 Å². The molecular formula is C15H11ClO2. The van der Waals surface area contributed by atoms with E-state index in [4.69, 9.17) is 16.7 Å². The summed E-state index contributed by atoms with van der Waals surface area (Å²) in [4.78, 5) is 11.8. The van der Waals surface area contributed by atoms with E-state index in [9.17, 15) is 4.79 Å². The van der Waals surface area contributed by atoms with Gasteiger partial charge in [-0.25, -0.2) is 0 Å². The minimum absolute atomic E-state index is 0.0836. The van der Waals surface area contributed by atoms with Crippen molar-refractivity contribution < 1.29 is 9.90 Å². The maximum Gasteiger partial charge on any atom is 0.185 e. The largest absolute Gasteiger partial charge is 0.508 e. The average Bonchev–Trinajstić information content (AvgIpc) is 2.38. The van der Waals surface area contributed by atoms with Crippen molar-refractivity contribution in [2.24, 2.45) is 0 Å². The third-order valence-electron chi connectivity index (χ3n) is 2.45. The lowest BCUT2D eigenvalue weighted by Crippen LogP contribution is -1.92. The van der Waals surface area contributed by atoms with E-state index in [0.29, 0.717) is 10.6 Å². The van der Waals surface area contributed by atoms with Crippen molar-refractivity contribution in [2.75, 3.05) is 0 Å². The van der Waals surface area contributed by atoms with Crippen molar-refractivity contribution in [3.05, 3.63) is 70.8 Å². The summed E-state index contributed by atoms with van der Waals surface area (Å²) >= 11 is 5.75. The zero-order valence-electron chi connectivity index (χ0n) is 9.51. The number of rotatable bonds is 3. The number of ketones is 1. The van der Waals surface area contributed by atoms with Crippen molar-refractivity contribution in [3.63, 3.8) is 0 Å². The van der Waals surface area contributed by atoms with Crippen LogP contribution in [0.1, 0.15) is 15.9 Å². The van der Waals surface area contributed by atoms with Crippen molar-refractivity contribution in [3.8, 4) is 5.75 Å². The van der Waals surface area contributed by atoms with Crippen molar-refractivity contribution >= 4 is 23.5 Å². The van der Waals surface area contributed by atoms with Crippen LogP contribution in [0.15, 0.2) is 54.6 Å². The number of carbonyl (C=O) groups is 1. The van der Waals surface area contributed by atoms with E-state index in [1.807, 2.05) is 0 Å². The molecule has 0 fully saturated rings. The molecule has 18 heavy (non-hydrogen) atoms. The molecule has 0 atom stereocenters. The van der Waals surface area contributed by atoms with Gasteiger partial charge in [0.05, 0.1) is 0 Å². The Balaban J connectivity index is 2.11. The van der Waals surface area contributed by atoms with Crippen molar-refractivity contribution in [1.82, 2.24) is 0 Å². The first kappa shape index (κ1) is 12.4. The first-order valence-corrected chi connectivity index (χ1v) is 5.80. The molecule has 0 radical (unpaired) electrons. The van der Waals surface area contributed by atoms with Crippen LogP contribution in [0.5, 0.6) is 5.75 Å². The highest BCUT2D eigenvalue weighted by Gasteiger charge is 2.00. The van der Waals surface area contributed by atoms with Crippen LogP contribution in [0.4, 0.5) is 0 Å². The van der Waals surface area contributed by atoms with Gasteiger partial charge < -0.3 is 5.11 Å². The summed E-state index contributed by atoms with van der Waals surface area (Å²) < 4.78 is 0. The fourth-order valence-electron chi connectivity index (χ4n) is 1.47. The van der Waals surface area contributed by atoms with Crippen LogP contribution in [0.2, 0.25) is 5.02 Å². The Morgan fingerprint density at radius 1 is 1.00 bits per heavy atom. The Morgan fingerprint density at radius 3 is 2.22 bits per heavy atom. The van der Waals surface area contributed by atoms with Crippen LogP contribution in [-0.2, 0) is 0 Å². The summed E-state index contributed by atoms with van der Waals surface area (Å²) in [6.45, 7) is 0. The summed E-state index contributed by atoms with van der Waals surface area (Å²) in [5, 5.41) is 9.74. The SMILES string of the molecule is O=C(/C=C\c1ccc(O)cc1)c1ccc(Cl)cc1. The molecular weight excluding hydrogens is 248 g/mol. The molecule has 2 nitrogen and oxygen atoms in total. The molecule has 0 aliphatic carbocycles. The zero-order chi connectivity index (χ0) is 13.0. The van der Waals surface area contributed by atoms with E-state index in [0.717, 1.165) is 5.56 Å². The van der Waals surface area contributed by atoms with Crippen LogP contribution in [0, 0.1) is 0 Å². The Labute approximate surface area is 110 Å². The predicted molar refractivity (Wildman–Crippen MR) is 72.9 cm³/mol. The lowest BCUT2D eigenvalue weighted by Gasteiger charge is -1.96. The summed E-state index contributed by atoms with van der Waals surface area (Å²) in [6, 6.07) is 13.4. The molecule has 2 rings (SSSR count). The number of halogens is 1. The monoisotopic (exact) mass is 258 g/mol. The molecule has 1 N–H and O–H groups in total. The number of hydrogen-bond acceptors (Lipinski definition) is 2. The second-order valence-corrected chi connectivity index (χ2v) is 4.23. The van der Waals surface area contributed by atoms with Crippen molar-refractivity contribution in [2.45, 2.75) is 0 Å². The standard InChI is InChI=1S/C15H11ClO2/c16-13-6-4-12(5-7-13)15(18)10-3-11-1-8-14(17)9-2-11/h1-10,17H/b10-3-.